The standard InChI is InChI=1S/C18H21N3O8S/c1-11(22)29-9-17(8-20-15(23)14(19)18(20,27-2)30-10-17)16(24)28-7-12-3-5-13(6-4-12)21(25)26/h3-6,14H,7-10,19H2,1-2H3/t14?,17?,18-/m1/s1. The van der Waals surface area contributed by atoms with E-state index in [0.717, 1.165) is 0 Å². The molecule has 2 unspecified atom stereocenters. The van der Waals surface area contributed by atoms with Gasteiger partial charge in [-0.2, -0.15) is 0 Å². The Hall–Kier alpha value is -2.70. The van der Waals surface area contributed by atoms with Gasteiger partial charge in [0, 0.05) is 38.5 Å². The molecule has 2 aliphatic rings. The van der Waals surface area contributed by atoms with Gasteiger partial charge in [0.25, 0.3) is 5.69 Å². The Balaban J connectivity index is 1.75. The highest BCUT2D eigenvalue weighted by molar-refractivity contribution is 8.00. The van der Waals surface area contributed by atoms with E-state index >= 15 is 0 Å². The molecular weight excluding hydrogens is 418 g/mol. The summed E-state index contributed by atoms with van der Waals surface area (Å²) in [6.07, 6.45) is 0. The van der Waals surface area contributed by atoms with Crippen LogP contribution in [0.1, 0.15) is 12.5 Å². The number of non-ortho nitro benzene ring substituents is 1. The van der Waals surface area contributed by atoms with Gasteiger partial charge in [-0.15, -0.1) is 11.8 Å². The van der Waals surface area contributed by atoms with E-state index in [0.29, 0.717) is 5.56 Å². The zero-order chi connectivity index (χ0) is 22.1. The lowest BCUT2D eigenvalue weighted by Crippen LogP contribution is -2.81. The molecule has 0 aromatic heterocycles. The molecule has 2 saturated heterocycles. The predicted octanol–water partition coefficient (Wildman–Crippen LogP) is 0.404. The number of carbonyl (C=O) groups is 3. The molecule has 30 heavy (non-hydrogen) atoms. The zero-order valence-corrected chi connectivity index (χ0v) is 17.2. The van der Waals surface area contributed by atoms with Gasteiger partial charge in [0.1, 0.15) is 24.7 Å². The van der Waals surface area contributed by atoms with E-state index < -0.39 is 33.4 Å². The monoisotopic (exact) mass is 439 g/mol. The molecule has 0 radical (unpaired) electrons. The van der Waals surface area contributed by atoms with Crippen molar-refractivity contribution in [3.8, 4) is 0 Å². The first kappa shape index (κ1) is 22.0. The minimum Gasteiger partial charge on any atom is -0.465 e. The van der Waals surface area contributed by atoms with Crippen LogP contribution >= 0.6 is 11.8 Å². The average Bonchev–Trinajstić information content (AvgIpc) is 2.75. The molecule has 11 nitrogen and oxygen atoms in total. The van der Waals surface area contributed by atoms with E-state index in [1.807, 2.05) is 0 Å². The number of esters is 2. The number of nitro benzene ring substituents is 1. The summed E-state index contributed by atoms with van der Waals surface area (Å²) in [4.78, 5) is 48.2. The van der Waals surface area contributed by atoms with Crippen molar-refractivity contribution in [1.82, 2.24) is 4.90 Å². The van der Waals surface area contributed by atoms with E-state index in [-0.39, 0.29) is 37.1 Å². The van der Waals surface area contributed by atoms with E-state index in [9.17, 15) is 24.5 Å². The lowest BCUT2D eigenvalue weighted by atomic mass is 9.87. The summed E-state index contributed by atoms with van der Waals surface area (Å²) in [5, 5.41) is 9.68. The highest BCUT2D eigenvalue weighted by Gasteiger charge is 2.66. The molecule has 0 spiro atoms. The Morgan fingerprint density at radius 1 is 1.33 bits per heavy atom. The fourth-order valence-electron chi connectivity index (χ4n) is 3.35. The number of nitrogens with zero attached hydrogens (tertiary/aromatic N) is 2. The molecule has 1 aromatic rings. The molecule has 3 rings (SSSR count). The van der Waals surface area contributed by atoms with E-state index in [2.05, 4.69) is 0 Å². The van der Waals surface area contributed by atoms with Crippen molar-refractivity contribution >= 4 is 35.3 Å². The summed E-state index contributed by atoms with van der Waals surface area (Å²) in [7, 11) is 1.43. The fraction of sp³-hybridized carbons (Fsp3) is 0.500. The van der Waals surface area contributed by atoms with Gasteiger partial charge in [-0.1, -0.05) is 0 Å². The molecule has 1 amide bonds. The number of benzene rings is 1. The Labute approximate surface area is 176 Å². The van der Waals surface area contributed by atoms with Gasteiger partial charge in [0.15, 0.2) is 0 Å². The smallest absolute Gasteiger partial charge is 0.318 e. The highest BCUT2D eigenvalue weighted by atomic mass is 32.2. The number of amides is 1. The first-order valence-corrected chi connectivity index (χ1v) is 9.94. The summed E-state index contributed by atoms with van der Waals surface area (Å²) < 4.78 is 16.0. The van der Waals surface area contributed by atoms with Crippen LogP contribution in [0.4, 0.5) is 5.69 Å². The molecule has 0 aliphatic carbocycles. The van der Waals surface area contributed by atoms with Gasteiger partial charge in [-0.25, -0.2) is 0 Å². The number of rotatable bonds is 7. The van der Waals surface area contributed by atoms with E-state index in [4.69, 9.17) is 19.9 Å². The molecule has 2 N–H and O–H groups in total. The Morgan fingerprint density at radius 2 is 2.00 bits per heavy atom. The van der Waals surface area contributed by atoms with Crippen LogP contribution in [-0.4, -0.2) is 64.8 Å². The molecule has 3 atom stereocenters. The van der Waals surface area contributed by atoms with Gasteiger partial charge < -0.3 is 24.8 Å². The number of ether oxygens (including phenoxy) is 3. The molecule has 162 valence electrons. The molecule has 2 aliphatic heterocycles. The van der Waals surface area contributed by atoms with Crippen molar-refractivity contribution in [3.63, 3.8) is 0 Å². The van der Waals surface area contributed by atoms with Crippen molar-refractivity contribution in [1.29, 1.82) is 0 Å². The summed E-state index contributed by atoms with van der Waals surface area (Å²) >= 11 is 1.18. The molecular formula is C18H21N3O8S. The number of carbonyl (C=O) groups excluding carboxylic acids is 3. The number of hydrogen-bond acceptors (Lipinski definition) is 10. The second-order valence-corrected chi connectivity index (χ2v) is 8.25. The first-order chi connectivity index (χ1) is 14.1. The Kier molecular flexibility index (Phi) is 6.01. The molecule has 1 aromatic carbocycles. The van der Waals surface area contributed by atoms with Crippen molar-refractivity contribution in [2.75, 3.05) is 26.0 Å². The van der Waals surface area contributed by atoms with Gasteiger partial charge in [0.2, 0.25) is 11.0 Å². The maximum atomic E-state index is 13.0. The summed E-state index contributed by atoms with van der Waals surface area (Å²) in [5.74, 6) is -1.45. The number of thioether (sulfide) groups is 1. The Bertz CT molecular complexity index is 879. The van der Waals surface area contributed by atoms with Crippen LogP contribution in [0.2, 0.25) is 0 Å². The zero-order valence-electron chi connectivity index (χ0n) is 16.4. The predicted molar refractivity (Wildman–Crippen MR) is 104 cm³/mol. The number of fused-ring (bicyclic) bond motifs is 1. The molecule has 12 heteroatoms. The average molecular weight is 439 g/mol. The third kappa shape index (κ3) is 3.73. The van der Waals surface area contributed by atoms with Gasteiger partial charge in [-0.05, 0) is 17.7 Å². The van der Waals surface area contributed by atoms with Gasteiger partial charge in [-0.3, -0.25) is 24.5 Å². The van der Waals surface area contributed by atoms with Crippen LogP contribution in [0.5, 0.6) is 0 Å². The third-order valence-electron chi connectivity index (χ3n) is 5.11. The summed E-state index contributed by atoms with van der Waals surface area (Å²) in [5.41, 5.74) is 5.06. The number of β-lactam (4-membered cyclic amide) rings is 1. The number of nitrogens with two attached hydrogens (primary N) is 1. The SMILES string of the molecule is CO[C@]12SCC(COC(C)=O)(C(=O)OCc3ccc([N+](=O)[O-])cc3)CN1C(=O)C2N. The maximum Gasteiger partial charge on any atom is 0.318 e. The molecule has 2 heterocycles. The largest absolute Gasteiger partial charge is 0.465 e. The minimum atomic E-state index is -1.30. The number of hydrogen-bond donors (Lipinski definition) is 1. The van der Waals surface area contributed by atoms with Crippen LogP contribution in [0.15, 0.2) is 24.3 Å². The first-order valence-electron chi connectivity index (χ1n) is 8.95. The van der Waals surface area contributed by atoms with Crippen LogP contribution in [-0.2, 0) is 35.2 Å². The summed E-state index contributed by atoms with van der Waals surface area (Å²) in [6.45, 7) is 0.738. The highest BCUT2D eigenvalue weighted by Crippen LogP contribution is 2.50. The van der Waals surface area contributed by atoms with Crippen LogP contribution in [0.25, 0.3) is 0 Å². The molecule has 0 saturated carbocycles. The van der Waals surface area contributed by atoms with Crippen molar-refractivity contribution in [2.24, 2.45) is 11.1 Å². The van der Waals surface area contributed by atoms with Gasteiger partial charge >= 0.3 is 11.9 Å². The normalized spacial score (nSPS) is 27.6. The van der Waals surface area contributed by atoms with Crippen molar-refractivity contribution in [2.45, 2.75) is 24.6 Å². The second-order valence-electron chi connectivity index (χ2n) is 7.09. The summed E-state index contributed by atoms with van der Waals surface area (Å²) in [6, 6.07) is 4.72. The quantitative estimate of drug-likeness (QED) is 0.274. The van der Waals surface area contributed by atoms with Crippen LogP contribution in [0.3, 0.4) is 0 Å². The van der Waals surface area contributed by atoms with Crippen LogP contribution < -0.4 is 5.73 Å². The maximum absolute atomic E-state index is 13.0. The van der Waals surface area contributed by atoms with Crippen molar-refractivity contribution in [3.05, 3.63) is 39.9 Å². The van der Waals surface area contributed by atoms with E-state index in [1.165, 1.54) is 55.0 Å². The fourth-order valence-corrected chi connectivity index (χ4v) is 4.83. The Morgan fingerprint density at radius 3 is 2.57 bits per heavy atom. The van der Waals surface area contributed by atoms with Crippen LogP contribution in [0, 0.1) is 15.5 Å². The number of methoxy groups -OCH3 is 1. The lowest BCUT2D eigenvalue weighted by Gasteiger charge is -2.59. The molecule has 2 fully saturated rings. The number of nitro groups is 1. The molecule has 0 bridgehead atoms. The second kappa shape index (κ2) is 8.20. The third-order valence-corrected chi connectivity index (χ3v) is 6.86. The van der Waals surface area contributed by atoms with E-state index in [1.54, 1.807) is 0 Å². The van der Waals surface area contributed by atoms with Gasteiger partial charge in [0.05, 0.1) is 4.92 Å². The minimum absolute atomic E-state index is 0.0766. The topological polar surface area (TPSA) is 151 Å². The lowest BCUT2D eigenvalue weighted by molar-refractivity contribution is -0.384. The van der Waals surface area contributed by atoms with Crippen molar-refractivity contribution < 1.29 is 33.5 Å².